The van der Waals surface area contributed by atoms with Gasteiger partial charge in [0.05, 0.1) is 0 Å². The van der Waals surface area contributed by atoms with Gasteiger partial charge in [-0.1, -0.05) is 6.07 Å². The zero-order chi connectivity index (χ0) is 18.4. The molecular weight excluding hydrogens is 332 g/mol. The second-order valence-electron chi connectivity index (χ2n) is 5.40. The third kappa shape index (κ3) is 5.06. The van der Waals surface area contributed by atoms with Crippen molar-refractivity contribution < 1.29 is 28.5 Å². The lowest BCUT2D eigenvalue weighted by molar-refractivity contribution is -0.132. The normalized spacial score (nSPS) is 12.0. The summed E-state index contributed by atoms with van der Waals surface area (Å²) in [6.07, 6.45) is -0.768. The molecule has 0 saturated carbocycles. The number of ether oxygens (including phenoxy) is 1. The summed E-state index contributed by atoms with van der Waals surface area (Å²) in [5, 5.41) is 21.9. The number of carbonyl (C=O) groups is 1. The summed E-state index contributed by atoms with van der Waals surface area (Å²) in [7, 11) is 0. The van der Waals surface area contributed by atoms with Gasteiger partial charge in [0.25, 0.3) is 0 Å². The Bertz CT molecular complexity index is 752. The van der Waals surface area contributed by atoms with Crippen molar-refractivity contribution in [3.05, 3.63) is 53.6 Å². The highest BCUT2D eigenvalue weighted by atomic mass is 19.1. The minimum Gasteiger partial charge on any atom is -0.426 e. The second-order valence-corrected chi connectivity index (χ2v) is 5.40. The van der Waals surface area contributed by atoms with Crippen molar-refractivity contribution >= 4 is 5.97 Å². The van der Waals surface area contributed by atoms with Crippen molar-refractivity contribution in [2.75, 3.05) is 13.2 Å². The number of hydrogen-bond donors (Lipinski definition) is 3. The van der Waals surface area contributed by atoms with Crippen molar-refractivity contribution in [2.45, 2.75) is 19.6 Å². The number of hydrogen-bond acceptors (Lipinski definition) is 5. The van der Waals surface area contributed by atoms with Crippen LogP contribution < -0.4 is 10.1 Å². The number of rotatable bonds is 7. The fourth-order valence-electron chi connectivity index (χ4n) is 2.33. The van der Waals surface area contributed by atoms with Crippen molar-refractivity contribution in [2.24, 2.45) is 0 Å². The van der Waals surface area contributed by atoms with Gasteiger partial charge in [-0.2, -0.15) is 0 Å². The number of carbonyl (C=O) groups excluding carboxylic acids is 1. The summed E-state index contributed by atoms with van der Waals surface area (Å²) in [6.45, 7) is 1.51. The molecule has 134 valence electrons. The maximum atomic E-state index is 14.0. The molecule has 5 nitrogen and oxygen atoms in total. The molecule has 0 aliphatic rings. The van der Waals surface area contributed by atoms with E-state index in [0.717, 1.165) is 12.1 Å². The molecule has 0 aliphatic carbocycles. The van der Waals surface area contributed by atoms with E-state index < -0.39 is 23.8 Å². The van der Waals surface area contributed by atoms with Gasteiger partial charge in [0.2, 0.25) is 0 Å². The largest absolute Gasteiger partial charge is 0.426 e. The molecule has 0 saturated heterocycles. The van der Waals surface area contributed by atoms with E-state index in [9.17, 15) is 18.7 Å². The molecule has 1 atom stereocenters. The van der Waals surface area contributed by atoms with Crippen molar-refractivity contribution in [1.82, 2.24) is 5.32 Å². The summed E-state index contributed by atoms with van der Waals surface area (Å²) in [5.74, 6) is -1.87. The van der Waals surface area contributed by atoms with Crippen LogP contribution in [0.3, 0.4) is 0 Å². The molecule has 0 spiro atoms. The third-order valence-electron chi connectivity index (χ3n) is 3.47. The SMILES string of the molecule is CC(=O)Oc1ccc(-c2ccc(F)cc2F)cc1C(O)NCCCO. The summed E-state index contributed by atoms with van der Waals surface area (Å²) in [4.78, 5) is 11.2. The molecule has 1 unspecified atom stereocenters. The van der Waals surface area contributed by atoms with Gasteiger partial charge in [0.1, 0.15) is 23.6 Å². The van der Waals surface area contributed by atoms with Crippen LogP contribution in [0.15, 0.2) is 36.4 Å². The van der Waals surface area contributed by atoms with Gasteiger partial charge >= 0.3 is 5.97 Å². The van der Waals surface area contributed by atoms with Crippen LogP contribution in [0.4, 0.5) is 8.78 Å². The van der Waals surface area contributed by atoms with Gasteiger partial charge in [0, 0.05) is 30.7 Å². The molecule has 2 aromatic rings. The Morgan fingerprint density at radius 1 is 1.24 bits per heavy atom. The van der Waals surface area contributed by atoms with Gasteiger partial charge in [-0.25, -0.2) is 8.78 Å². The van der Waals surface area contributed by atoms with E-state index in [0.29, 0.717) is 18.5 Å². The Hall–Kier alpha value is -2.35. The quantitative estimate of drug-likeness (QED) is 0.309. The van der Waals surface area contributed by atoms with E-state index in [4.69, 9.17) is 9.84 Å². The first kappa shape index (κ1) is 19.0. The van der Waals surface area contributed by atoms with Gasteiger partial charge in [-0.15, -0.1) is 0 Å². The number of halogens is 2. The fraction of sp³-hybridized carbons (Fsp3) is 0.278. The van der Waals surface area contributed by atoms with Crippen LogP contribution in [0, 0.1) is 11.6 Å². The van der Waals surface area contributed by atoms with Gasteiger partial charge in [-0.3, -0.25) is 10.1 Å². The number of esters is 1. The summed E-state index contributed by atoms with van der Waals surface area (Å²) >= 11 is 0. The van der Waals surface area contributed by atoms with Crippen molar-refractivity contribution in [3.8, 4) is 16.9 Å². The monoisotopic (exact) mass is 351 g/mol. The van der Waals surface area contributed by atoms with Crippen LogP contribution in [0.25, 0.3) is 11.1 Å². The predicted octanol–water partition coefficient (Wildman–Crippen LogP) is 2.52. The van der Waals surface area contributed by atoms with Crippen LogP contribution in [-0.2, 0) is 4.79 Å². The van der Waals surface area contributed by atoms with E-state index in [1.165, 1.54) is 31.2 Å². The maximum absolute atomic E-state index is 14.0. The molecular formula is C18H19F2NO4. The predicted molar refractivity (Wildman–Crippen MR) is 87.8 cm³/mol. The number of nitrogens with one attached hydrogen (secondary N) is 1. The molecule has 0 heterocycles. The van der Waals surface area contributed by atoms with Crippen LogP contribution in [-0.4, -0.2) is 29.3 Å². The van der Waals surface area contributed by atoms with Gasteiger partial charge in [0.15, 0.2) is 0 Å². The topological polar surface area (TPSA) is 78.8 Å². The molecule has 25 heavy (non-hydrogen) atoms. The lowest BCUT2D eigenvalue weighted by Crippen LogP contribution is -2.23. The average Bonchev–Trinajstić information content (AvgIpc) is 2.55. The fourth-order valence-corrected chi connectivity index (χ4v) is 2.33. The summed E-state index contributed by atoms with van der Waals surface area (Å²) < 4.78 is 32.2. The Balaban J connectivity index is 2.40. The molecule has 0 radical (unpaired) electrons. The molecule has 0 aromatic heterocycles. The molecule has 0 fully saturated rings. The first-order valence-corrected chi connectivity index (χ1v) is 7.72. The third-order valence-corrected chi connectivity index (χ3v) is 3.47. The molecule has 0 bridgehead atoms. The average molecular weight is 351 g/mol. The lowest BCUT2D eigenvalue weighted by Gasteiger charge is -2.18. The van der Waals surface area contributed by atoms with Gasteiger partial charge in [-0.05, 0) is 42.8 Å². The molecule has 0 amide bonds. The molecule has 3 N–H and O–H groups in total. The Kier molecular flexibility index (Phi) is 6.58. The molecule has 0 aliphatic heterocycles. The van der Waals surface area contributed by atoms with Crippen LogP contribution in [0.1, 0.15) is 25.1 Å². The second kappa shape index (κ2) is 8.66. The standard InChI is InChI=1S/C18H19F2NO4/c1-11(23)25-17-6-3-12(14-5-4-13(19)10-16(14)20)9-15(17)18(24)21-7-2-8-22/h3-6,9-10,18,21-22,24H,2,7-8H2,1H3. The number of aliphatic hydroxyl groups is 2. The van der Waals surface area contributed by atoms with E-state index in [2.05, 4.69) is 5.32 Å². The van der Waals surface area contributed by atoms with E-state index in [-0.39, 0.29) is 23.5 Å². The first-order valence-electron chi connectivity index (χ1n) is 7.72. The Labute approximate surface area is 143 Å². The summed E-state index contributed by atoms with van der Waals surface area (Å²) in [6, 6.07) is 7.61. The molecule has 2 aromatic carbocycles. The Morgan fingerprint density at radius 2 is 2.00 bits per heavy atom. The number of benzene rings is 2. The smallest absolute Gasteiger partial charge is 0.308 e. The lowest BCUT2D eigenvalue weighted by atomic mass is 10.0. The highest BCUT2D eigenvalue weighted by Crippen LogP contribution is 2.31. The summed E-state index contributed by atoms with van der Waals surface area (Å²) in [5.41, 5.74) is 0.778. The van der Waals surface area contributed by atoms with Crippen molar-refractivity contribution in [3.63, 3.8) is 0 Å². The van der Waals surface area contributed by atoms with E-state index in [1.54, 1.807) is 0 Å². The van der Waals surface area contributed by atoms with E-state index >= 15 is 0 Å². The van der Waals surface area contributed by atoms with Crippen molar-refractivity contribution in [1.29, 1.82) is 0 Å². The van der Waals surface area contributed by atoms with E-state index in [1.807, 2.05) is 0 Å². The minimum absolute atomic E-state index is 0.0443. The minimum atomic E-state index is -1.19. The highest BCUT2D eigenvalue weighted by molar-refractivity contribution is 5.72. The van der Waals surface area contributed by atoms with Crippen LogP contribution >= 0.6 is 0 Å². The first-order chi connectivity index (χ1) is 11.9. The van der Waals surface area contributed by atoms with Crippen LogP contribution in [0.5, 0.6) is 5.75 Å². The van der Waals surface area contributed by atoms with Gasteiger partial charge < -0.3 is 14.9 Å². The molecule has 2 rings (SSSR count). The number of aliphatic hydroxyl groups excluding tert-OH is 2. The Morgan fingerprint density at radius 3 is 2.64 bits per heavy atom. The maximum Gasteiger partial charge on any atom is 0.308 e. The molecule has 7 heteroatoms. The van der Waals surface area contributed by atoms with Crippen LogP contribution in [0.2, 0.25) is 0 Å². The zero-order valence-electron chi connectivity index (χ0n) is 13.6. The highest BCUT2D eigenvalue weighted by Gasteiger charge is 2.17. The zero-order valence-corrected chi connectivity index (χ0v) is 13.6.